The fourth-order valence-electron chi connectivity index (χ4n) is 2.74. The van der Waals surface area contributed by atoms with Gasteiger partial charge in [-0.25, -0.2) is 0 Å². The van der Waals surface area contributed by atoms with Gasteiger partial charge in [-0.3, -0.25) is 0 Å². The predicted octanol–water partition coefficient (Wildman–Crippen LogP) is 3.30. The highest BCUT2D eigenvalue weighted by molar-refractivity contribution is 5.45. The molecule has 22 heavy (non-hydrogen) atoms. The molecule has 5 nitrogen and oxygen atoms in total. The van der Waals surface area contributed by atoms with E-state index in [9.17, 15) is 0 Å². The minimum Gasteiger partial charge on any atom is -0.454 e. The molecule has 1 aliphatic rings. The summed E-state index contributed by atoms with van der Waals surface area (Å²) in [7, 11) is 0. The lowest BCUT2D eigenvalue weighted by Crippen LogP contribution is -2.20. The van der Waals surface area contributed by atoms with Crippen LogP contribution >= 0.6 is 0 Å². The van der Waals surface area contributed by atoms with Crippen molar-refractivity contribution in [2.45, 2.75) is 39.7 Å². The average molecular weight is 302 g/mol. The van der Waals surface area contributed by atoms with Gasteiger partial charge in [0.25, 0.3) is 0 Å². The molecule has 0 spiro atoms. The highest BCUT2D eigenvalue weighted by atomic mass is 16.7. The SMILES string of the molecule is Cc1noc(C)c1CCCNC(C)c1ccc2c(c1)OCO2. The van der Waals surface area contributed by atoms with Gasteiger partial charge >= 0.3 is 0 Å². The van der Waals surface area contributed by atoms with Crippen LogP contribution in [0.4, 0.5) is 0 Å². The van der Waals surface area contributed by atoms with Crippen LogP contribution < -0.4 is 14.8 Å². The molecular formula is C17H22N2O3. The van der Waals surface area contributed by atoms with Gasteiger partial charge in [-0.2, -0.15) is 0 Å². The van der Waals surface area contributed by atoms with Crippen molar-refractivity contribution >= 4 is 0 Å². The summed E-state index contributed by atoms with van der Waals surface area (Å²) in [5, 5.41) is 7.53. The normalized spacial score (nSPS) is 14.3. The van der Waals surface area contributed by atoms with Crippen molar-refractivity contribution in [3.8, 4) is 11.5 Å². The molecule has 0 radical (unpaired) electrons. The van der Waals surface area contributed by atoms with Crippen LogP contribution in [0.3, 0.4) is 0 Å². The predicted molar refractivity (Wildman–Crippen MR) is 83.3 cm³/mol. The molecule has 1 aromatic carbocycles. The number of ether oxygens (including phenoxy) is 2. The number of benzene rings is 1. The Hall–Kier alpha value is -2.01. The van der Waals surface area contributed by atoms with E-state index in [-0.39, 0.29) is 6.04 Å². The van der Waals surface area contributed by atoms with E-state index in [0.29, 0.717) is 6.79 Å². The summed E-state index contributed by atoms with van der Waals surface area (Å²) in [6, 6.07) is 6.38. The Kier molecular flexibility index (Phi) is 4.34. The Morgan fingerprint density at radius 1 is 1.23 bits per heavy atom. The number of nitrogens with zero attached hydrogens (tertiary/aromatic N) is 1. The van der Waals surface area contributed by atoms with Crippen LogP contribution in [0.5, 0.6) is 11.5 Å². The zero-order valence-corrected chi connectivity index (χ0v) is 13.3. The van der Waals surface area contributed by atoms with Gasteiger partial charge < -0.3 is 19.3 Å². The Bertz CT molecular complexity index is 632. The summed E-state index contributed by atoms with van der Waals surface area (Å²) < 4.78 is 16.0. The van der Waals surface area contributed by atoms with Crippen molar-refractivity contribution in [3.63, 3.8) is 0 Å². The van der Waals surface area contributed by atoms with Crippen LogP contribution in [0.2, 0.25) is 0 Å². The van der Waals surface area contributed by atoms with E-state index < -0.39 is 0 Å². The van der Waals surface area contributed by atoms with Crippen molar-refractivity contribution in [2.75, 3.05) is 13.3 Å². The molecule has 0 amide bonds. The van der Waals surface area contributed by atoms with E-state index in [1.165, 1.54) is 11.1 Å². The number of hydrogen-bond donors (Lipinski definition) is 1. The van der Waals surface area contributed by atoms with Crippen molar-refractivity contribution < 1.29 is 14.0 Å². The molecule has 2 heterocycles. The number of aromatic nitrogens is 1. The standard InChI is InChI=1S/C17H22N2O3/c1-11(14-6-7-16-17(9-14)21-10-20-16)18-8-4-5-15-12(2)19-22-13(15)3/h6-7,9,11,18H,4-5,8,10H2,1-3H3. The van der Waals surface area contributed by atoms with Crippen LogP contribution in [0.25, 0.3) is 0 Å². The molecule has 1 aromatic heterocycles. The minimum absolute atomic E-state index is 0.277. The molecule has 0 saturated carbocycles. The first kappa shape index (κ1) is 14.9. The van der Waals surface area contributed by atoms with Crippen LogP contribution in [0.1, 0.15) is 42.0 Å². The first-order chi connectivity index (χ1) is 10.6. The maximum Gasteiger partial charge on any atom is 0.231 e. The van der Waals surface area contributed by atoms with Crippen LogP contribution in [0.15, 0.2) is 22.7 Å². The molecule has 1 aliphatic heterocycles. The van der Waals surface area contributed by atoms with Gasteiger partial charge in [0.1, 0.15) is 5.76 Å². The molecule has 0 fully saturated rings. The van der Waals surface area contributed by atoms with E-state index in [2.05, 4.69) is 23.5 Å². The molecule has 5 heteroatoms. The monoisotopic (exact) mass is 302 g/mol. The van der Waals surface area contributed by atoms with E-state index in [1.807, 2.05) is 26.0 Å². The van der Waals surface area contributed by atoms with E-state index in [0.717, 1.165) is 42.3 Å². The van der Waals surface area contributed by atoms with Gasteiger partial charge in [-0.05, 0) is 57.9 Å². The summed E-state index contributed by atoms with van der Waals surface area (Å²) in [6.45, 7) is 7.39. The number of aryl methyl sites for hydroxylation is 2. The Labute approximate surface area is 130 Å². The van der Waals surface area contributed by atoms with Crippen molar-refractivity contribution in [1.29, 1.82) is 0 Å². The van der Waals surface area contributed by atoms with Crippen LogP contribution in [-0.2, 0) is 6.42 Å². The second kappa shape index (κ2) is 6.40. The van der Waals surface area contributed by atoms with Gasteiger partial charge in [-0.1, -0.05) is 11.2 Å². The van der Waals surface area contributed by atoms with Gasteiger partial charge in [0.2, 0.25) is 6.79 Å². The molecule has 2 aromatic rings. The highest BCUT2D eigenvalue weighted by Crippen LogP contribution is 2.34. The fourth-order valence-corrected chi connectivity index (χ4v) is 2.74. The molecule has 1 N–H and O–H groups in total. The van der Waals surface area contributed by atoms with Gasteiger partial charge in [0.15, 0.2) is 11.5 Å². The van der Waals surface area contributed by atoms with Crippen LogP contribution in [0, 0.1) is 13.8 Å². The second-order valence-corrected chi connectivity index (χ2v) is 5.69. The third-order valence-electron chi connectivity index (χ3n) is 4.13. The van der Waals surface area contributed by atoms with Crippen molar-refractivity contribution in [3.05, 3.63) is 40.8 Å². The zero-order chi connectivity index (χ0) is 15.5. The number of rotatable bonds is 6. The maximum absolute atomic E-state index is 5.42. The number of hydrogen-bond acceptors (Lipinski definition) is 5. The lowest BCUT2D eigenvalue weighted by atomic mass is 10.1. The summed E-state index contributed by atoms with van der Waals surface area (Å²) in [5.41, 5.74) is 3.44. The van der Waals surface area contributed by atoms with Crippen molar-refractivity contribution in [2.24, 2.45) is 0 Å². The van der Waals surface area contributed by atoms with Gasteiger partial charge in [-0.15, -0.1) is 0 Å². The molecule has 0 aliphatic carbocycles. The minimum atomic E-state index is 0.277. The first-order valence-corrected chi connectivity index (χ1v) is 7.70. The average Bonchev–Trinajstić information content (AvgIpc) is 3.10. The molecular weight excluding hydrogens is 280 g/mol. The first-order valence-electron chi connectivity index (χ1n) is 7.70. The highest BCUT2D eigenvalue weighted by Gasteiger charge is 2.15. The molecule has 0 bridgehead atoms. The second-order valence-electron chi connectivity index (χ2n) is 5.69. The number of nitrogens with one attached hydrogen (secondary N) is 1. The molecule has 1 unspecified atom stereocenters. The summed E-state index contributed by atoms with van der Waals surface area (Å²) >= 11 is 0. The van der Waals surface area contributed by atoms with Gasteiger partial charge in [0, 0.05) is 11.6 Å². The molecule has 3 rings (SSSR count). The Balaban J connectivity index is 1.49. The Morgan fingerprint density at radius 3 is 2.82 bits per heavy atom. The zero-order valence-electron chi connectivity index (χ0n) is 13.3. The van der Waals surface area contributed by atoms with Crippen LogP contribution in [-0.4, -0.2) is 18.5 Å². The topological polar surface area (TPSA) is 56.5 Å². The van der Waals surface area contributed by atoms with E-state index in [1.54, 1.807) is 0 Å². The van der Waals surface area contributed by atoms with E-state index >= 15 is 0 Å². The third kappa shape index (κ3) is 3.09. The lowest BCUT2D eigenvalue weighted by Gasteiger charge is -2.14. The maximum atomic E-state index is 5.42. The number of fused-ring (bicyclic) bond motifs is 1. The van der Waals surface area contributed by atoms with E-state index in [4.69, 9.17) is 14.0 Å². The summed E-state index contributed by atoms with van der Waals surface area (Å²) in [6.07, 6.45) is 2.04. The van der Waals surface area contributed by atoms with Gasteiger partial charge in [0.05, 0.1) is 5.69 Å². The largest absolute Gasteiger partial charge is 0.454 e. The molecule has 1 atom stereocenters. The fraction of sp³-hybridized carbons (Fsp3) is 0.471. The summed E-state index contributed by atoms with van der Waals surface area (Å²) in [5.74, 6) is 2.59. The lowest BCUT2D eigenvalue weighted by molar-refractivity contribution is 0.174. The molecule has 0 saturated heterocycles. The Morgan fingerprint density at radius 2 is 2.05 bits per heavy atom. The van der Waals surface area contributed by atoms with Crippen molar-refractivity contribution in [1.82, 2.24) is 10.5 Å². The summed E-state index contributed by atoms with van der Waals surface area (Å²) in [4.78, 5) is 0. The third-order valence-corrected chi connectivity index (χ3v) is 4.13. The smallest absolute Gasteiger partial charge is 0.231 e. The molecule has 118 valence electrons. The quantitative estimate of drug-likeness (QED) is 0.830.